The van der Waals surface area contributed by atoms with Gasteiger partial charge in [-0.1, -0.05) is 12.8 Å². The Morgan fingerprint density at radius 2 is 2.00 bits per heavy atom. The first-order valence-electron chi connectivity index (χ1n) is 8.57. The molecule has 3 N–H and O–H groups in total. The van der Waals surface area contributed by atoms with Crippen LogP contribution in [0.1, 0.15) is 36.2 Å². The second-order valence-electron chi connectivity index (χ2n) is 6.54. The molecule has 0 bridgehead atoms. The first kappa shape index (κ1) is 16.4. The number of amides is 1. The Morgan fingerprint density at radius 1 is 1.24 bits per heavy atom. The van der Waals surface area contributed by atoms with Gasteiger partial charge in [-0.15, -0.1) is 11.3 Å². The smallest absolute Gasteiger partial charge is 0.271 e. The number of ether oxygens (including phenoxy) is 2. The Morgan fingerprint density at radius 3 is 2.76 bits per heavy atom. The van der Waals surface area contributed by atoms with Crippen molar-refractivity contribution >= 4 is 17.2 Å². The molecule has 6 nitrogen and oxygen atoms in total. The van der Waals surface area contributed by atoms with Crippen molar-refractivity contribution < 1.29 is 14.3 Å². The largest absolute Gasteiger partial charge is 0.486 e. The average molecular weight is 359 g/mol. The van der Waals surface area contributed by atoms with Crippen LogP contribution in [0.25, 0.3) is 10.6 Å². The molecule has 2 heterocycles. The van der Waals surface area contributed by atoms with Crippen molar-refractivity contribution in [2.45, 2.75) is 31.2 Å². The van der Waals surface area contributed by atoms with E-state index in [4.69, 9.17) is 15.2 Å². The summed E-state index contributed by atoms with van der Waals surface area (Å²) in [5.41, 5.74) is 6.99. The van der Waals surface area contributed by atoms with Crippen molar-refractivity contribution in [3.63, 3.8) is 0 Å². The number of nitrogens with one attached hydrogen (secondary N) is 1. The zero-order chi connectivity index (χ0) is 17.3. The van der Waals surface area contributed by atoms with Crippen LogP contribution in [0.15, 0.2) is 23.6 Å². The Kier molecular flexibility index (Phi) is 4.35. The minimum Gasteiger partial charge on any atom is -0.486 e. The molecule has 1 aromatic carbocycles. The fourth-order valence-electron chi connectivity index (χ4n) is 3.42. The predicted molar refractivity (Wildman–Crippen MR) is 96.3 cm³/mol. The standard InChI is InChI=1S/C18H21N3O3S/c19-11-18(5-1-2-6-18)21-16(22)13-10-25-17(20-13)12-3-4-14-15(9-12)24-8-7-23-14/h3-4,9-10H,1-2,5-8,11,19H2,(H,21,22). The number of benzene rings is 1. The van der Waals surface area contributed by atoms with E-state index in [0.717, 1.165) is 47.8 Å². The summed E-state index contributed by atoms with van der Waals surface area (Å²) in [6.07, 6.45) is 4.09. The van der Waals surface area contributed by atoms with Crippen LogP contribution >= 0.6 is 11.3 Å². The summed E-state index contributed by atoms with van der Waals surface area (Å²) in [5.74, 6) is 1.32. The quantitative estimate of drug-likeness (QED) is 0.876. The number of thiazole rings is 1. The lowest BCUT2D eigenvalue weighted by molar-refractivity contribution is 0.0898. The highest BCUT2D eigenvalue weighted by molar-refractivity contribution is 7.13. The summed E-state index contributed by atoms with van der Waals surface area (Å²) < 4.78 is 11.2. The lowest BCUT2D eigenvalue weighted by Gasteiger charge is -2.28. The predicted octanol–water partition coefficient (Wildman–Crippen LogP) is 2.58. The molecule has 0 radical (unpaired) electrons. The highest BCUT2D eigenvalue weighted by Crippen LogP contribution is 2.35. The van der Waals surface area contributed by atoms with Crippen LogP contribution in [0, 0.1) is 0 Å². The van der Waals surface area contributed by atoms with Gasteiger partial charge >= 0.3 is 0 Å². The molecule has 7 heteroatoms. The number of nitrogens with zero attached hydrogens (tertiary/aromatic N) is 1. The van der Waals surface area contributed by atoms with Gasteiger partial charge in [0.15, 0.2) is 11.5 Å². The zero-order valence-corrected chi connectivity index (χ0v) is 14.7. The van der Waals surface area contributed by atoms with Crippen LogP contribution in [0.4, 0.5) is 0 Å². The second-order valence-corrected chi connectivity index (χ2v) is 7.40. The highest BCUT2D eigenvalue weighted by atomic mass is 32.1. The molecule has 2 aliphatic rings. The molecule has 0 saturated heterocycles. The van der Waals surface area contributed by atoms with Crippen molar-refractivity contribution in [1.29, 1.82) is 0 Å². The maximum atomic E-state index is 12.6. The Hall–Kier alpha value is -2.12. The third-order valence-electron chi connectivity index (χ3n) is 4.86. The molecule has 1 fully saturated rings. The van der Waals surface area contributed by atoms with Gasteiger partial charge in [-0.05, 0) is 31.0 Å². The monoisotopic (exact) mass is 359 g/mol. The Balaban J connectivity index is 1.53. The highest BCUT2D eigenvalue weighted by Gasteiger charge is 2.34. The summed E-state index contributed by atoms with van der Waals surface area (Å²) in [7, 11) is 0. The van der Waals surface area contributed by atoms with Crippen molar-refractivity contribution in [2.24, 2.45) is 5.73 Å². The first-order valence-corrected chi connectivity index (χ1v) is 9.45. The number of carbonyl (C=O) groups excluding carboxylic acids is 1. The van der Waals surface area contributed by atoms with Gasteiger partial charge < -0.3 is 20.5 Å². The number of aromatic nitrogens is 1. The molecule has 1 aromatic heterocycles. The van der Waals surface area contributed by atoms with Crippen LogP contribution in [0.5, 0.6) is 11.5 Å². The van der Waals surface area contributed by atoms with Crippen molar-refractivity contribution in [2.75, 3.05) is 19.8 Å². The normalized spacial score (nSPS) is 18.1. The van der Waals surface area contributed by atoms with Gasteiger partial charge in [-0.3, -0.25) is 4.79 Å². The van der Waals surface area contributed by atoms with Crippen LogP contribution < -0.4 is 20.5 Å². The third kappa shape index (κ3) is 3.21. The lowest BCUT2D eigenvalue weighted by atomic mass is 9.98. The molecule has 25 heavy (non-hydrogen) atoms. The molecule has 4 rings (SSSR count). The molecular weight excluding hydrogens is 338 g/mol. The summed E-state index contributed by atoms with van der Waals surface area (Å²) in [4.78, 5) is 17.1. The molecule has 1 amide bonds. The summed E-state index contributed by atoms with van der Waals surface area (Å²) in [5, 5.41) is 5.69. The SMILES string of the molecule is NCC1(NC(=O)c2csc(-c3ccc4c(c3)OCCO4)n2)CCCC1. The summed E-state index contributed by atoms with van der Waals surface area (Å²) in [6, 6.07) is 5.73. The molecule has 0 atom stereocenters. The van der Waals surface area contributed by atoms with E-state index in [2.05, 4.69) is 10.3 Å². The fraction of sp³-hybridized carbons (Fsp3) is 0.444. The van der Waals surface area contributed by atoms with Gasteiger partial charge in [-0.2, -0.15) is 0 Å². The molecule has 0 unspecified atom stereocenters. The maximum Gasteiger partial charge on any atom is 0.271 e. The molecular formula is C18H21N3O3S. The van der Waals surface area contributed by atoms with E-state index >= 15 is 0 Å². The Bertz CT molecular complexity index is 784. The minimum atomic E-state index is -0.266. The van der Waals surface area contributed by atoms with Crippen LogP contribution in [-0.4, -0.2) is 36.2 Å². The van der Waals surface area contributed by atoms with Crippen molar-refractivity contribution in [3.8, 4) is 22.1 Å². The van der Waals surface area contributed by atoms with E-state index in [9.17, 15) is 4.79 Å². The fourth-order valence-corrected chi connectivity index (χ4v) is 4.22. The van der Waals surface area contributed by atoms with Gasteiger partial charge in [0.1, 0.15) is 23.9 Å². The van der Waals surface area contributed by atoms with E-state index in [1.54, 1.807) is 5.38 Å². The van der Waals surface area contributed by atoms with E-state index < -0.39 is 0 Å². The van der Waals surface area contributed by atoms with Crippen LogP contribution in [0.3, 0.4) is 0 Å². The van der Waals surface area contributed by atoms with Gasteiger partial charge in [0.25, 0.3) is 5.91 Å². The summed E-state index contributed by atoms with van der Waals surface area (Å²) in [6.45, 7) is 1.58. The summed E-state index contributed by atoms with van der Waals surface area (Å²) >= 11 is 1.45. The third-order valence-corrected chi connectivity index (χ3v) is 5.75. The topological polar surface area (TPSA) is 86.5 Å². The number of rotatable bonds is 4. The van der Waals surface area contributed by atoms with Crippen molar-refractivity contribution in [1.82, 2.24) is 10.3 Å². The first-order chi connectivity index (χ1) is 12.2. The van der Waals surface area contributed by atoms with E-state index in [1.807, 2.05) is 18.2 Å². The van der Waals surface area contributed by atoms with E-state index in [-0.39, 0.29) is 11.4 Å². The molecule has 1 aliphatic heterocycles. The van der Waals surface area contributed by atoms with Crippen LogP contribution in [0.2, 0.25) is 0 Å². The zero-order valence-electron chi connectivity index (χ0n) is 13.9. The van der Waals surface area contributed by atoms with Crippen LogP contribution in [-0.2, 0) is 0 Å². The minimum absolute atomic E-state index is 0.146. The number of carbonyl (C=O) groups is 1. The van der Waals surface area contributed by atoms with E-state index in [0.29, 0.717) is 25.5 Å². The lowest BCUT2D eigenvalue weighted by Crippen LogP contribution is -2.51. The number of fused-ring (bicyclic) bond motifs is 1. The van der Waals surface area contributed by atoms with Crippen molar-refractivity contribution in [3.05, 3.63) is 29.3 Å². The number of hydrogen-bond donors (Lipinski definition) is 2. The molecule has 0 spiro atoms. The number of nitrogens with two attached hydrogens (primary N) is 1. The molecule has 1 saturated carbocycles. The second kappa shape index (κ2) is 6.65. The van der Waals surface area contributed by atoms with Gasteiger partial charge in [-0.25, -0.2) is 4.98 Å². The Labute approximate surface area is 150 Å². The molecule has 1 aliphatic carbocycles. The van der Waals surface area contributed by atoms with E-state index in [1.165, 1.54) is 11.3 Å². The maximum absolute atomic E-state index is 12.6. The van der Waals surface area contributed by atoms with Gasteiger partial charge in [0.05, 0.1) is 5.54 Å². The number of hydrogen-bond acceptors (Lipinski definition) is 6. The average Bonchev–Trinajstić information content (AvgIpc) is 3.31. The molecule has 2 aromatic rings. The van der Waals surface area contributed by atoms with Gasteiger partial charge in [0.2, 0.25) is 0 Å². The van der Waals surface area contributed by atoms with Gasteiger partial charge in [0, 0.05) is 17.5 Å². The molecule has 132 valence electrons.